The summed E-state index contributed by atoms with van der Waals surface area (Å²) in [6.45, 7) is 1.68. The highest BCUT2D eigenvalue weighted by molar-refractivity contribution is 7.14. The maximum atomic E-state index is 5.49. The Labute approximate surface area is 139 Å². The van der Waals surface area contributed by atoms with E-state index in [1.807, 2.05) is 41.8 Å². The van der Waals surface area contributed by atoms with Crippen LogP contribution in [0.1, 0.15) is 19.3 Å². The number of nitrogens with zero attached hydrogens (tertiary/aromatic N) is 2. The molecule has 120 valence electrons. The molecule has 6 heteroatoms. The summed E-state index contributed by atoms with van der Waals surface area (Å²) in [4.78, 5) is 4.57. The number of hydrogen-bond acceptors (Lipinski definition) is 6. The van der Waals surface area contributed by atoms with Gasteiger partial charge >= 0.3 is 0 Å². The Morgan fingerprint density at radius 1 is 1.09 bits per heavy atom. The van der Waals surface area contributed by atoms with Crippen LogP contribution in [-0.4, -0.2) is 23.2 Å². The average molecular weight is 328 g/mol. The van der Waals surface area contributed by atoms with E-state index in [1.54, 1.807) is 11.3 Å². The van der Waals surface area contributed by atoms with Crippen molar-refractivity contribution in [2.45, 2.75) is 19.3 Å². The van der Waals surface area contributed by atoms with Crippen LogP contribution in [0.2, 0.25) is 0 Å². The zero-order valence-corrected chi connectivity index (χ0v) is 13.7. The van der Waals surface area contributed by atoms with E-state index in [0.29, 0.717) is 0 Å². The van der Waals surface area contributed by atoms with Crippen molar-refractivity contribution in [3.05, 3.63) is 41.8 Å². The first-order valence-corrected chi connectivity index (χ1v) is 8.67. The molecule has 3 aromatic rings. The quantitative estimate of drug-likeness (QED) is 0.611. The van der Waals surface area contributed by atoms with Gasteiger partial charge in [0.25, 0.3) is 0 Å². The van der Waals surface area contributed by atoms with Crippen molar-refractivity contribution in [2.75, 3.05) is 18.4 Å². The standard InChI is InChI=1S/C17H20N4OS/c18-9-5-2-6-10-19-17-20-15(12-23-17)14-11-16(22-21-14)13-7-3-1-4-8-13/h1,3-4,7-8,11-12H,2,5-6,9-10,18H2,(H,19,20). The zero-order chi connectivity index (χ0) is 15.9. The summed E-state index contributed by atoms with van der Waals surface area (Å²) in [5.74, 6) is 0.755. The number of nitrogens with one attached hydrogen (secondary N) is 1. The van der Waals surface area contributed by atoms with Gasteiger partial charge in [0.1, 0.15) is 11.4 Å². The minimum absolute atomic E-state index is 0.755. The van der Waals surface area contributed by atoms with Crippen molar-refractivity contribution < 1.29 is 4.52 Å². The number of hydrogen-bond donors (Lipinski definition) is 2. The third kappa shape index (κ3) is 4.18. The SMILES string of the molecule is NCCCCCNc1nc(-c2cc(-c3ccccc3)on2)cs1. The topological polar surface area (TPSA) is 77.0 Å². The lowest BCUT2D eigenvalue weighted by atomic mass is 10.1. The maximum Gasteiger partial charge on any atom is 0.183 e. The van der Waals surface area contributed by atoms with Crippen LogP contribution in [0, 0.1) is 0 Å². The molecule has 23 heavy (non-hydrogen) atoms. The molecule has 3 rings (SSSR count). The number of unbranched alkanes of at least 4 members (excludes halogenated alkanes) is 2. The summed E-state index contributed by atoms with van der Waals surface area (Å²) in [5.41, 5.74) is 8.10. The van der Waals surface area contributed by atoms with E-state index in [0.717, 1.165) is 60.2 Å². The predicted molar refractivity (Wildman–Crippen MR) is 94.4 cm³/mol. The fourth-order valence-electron chi connectivity index (χ4n) is 2.25. The number of benzene rings is 1. The van der Waals surface area contributed by atoms with Gasteiger partial charge in [0, 0.05) is 23.6 Å². The molecule has 1 aromatic carbocycles. The molecular weight excluding hydrogens is 308 g/mol. The minimum Gasteiger partial charge on any atom is -0.362 e. The molecule has 2 aromatic heterocycles. The molecule has 0 saturated heterocycles. The normalized spacial score (nSPS) is 10.8. The van der Waals surface area contributed by atoms with Gasteiger partial charge in [0.2, 0.25) is 0 Å². The lowest BCUT2D eigenvalue weighted by molar-refractivity contribution is 0.434. The van der Waals surface area contributed by atoms with Crippen LogP contribution in [0.3, 0.4) is 0 Å². The van der Waals surface area contributed by atoms with E-state index in [1.165, 1.54) is 0 Å². The maximum absolute atomic E-state index is 5.49. The van der Waals surface area contributed by atoms with Crippen LogP contribution in [0.15, 0.2) is 46.3 Å². The minimum atomic E-state index is 0.755. The van der Waals surface area contributed by atoms with Crippen molar-refractivity contribution in [3.63, 3.8) is 0 Å². The second kappa shape index (κ2) is 7.89. The first kappa shape index (κ1) is 15.7. The van der Waals surface area contributed by atoms with E-state index < -0.39 is 0 Å². The number of thiazole rings is 1. The highest BCUT2D eigenvalue weighted by Crippen LogP contribution is 2.28. The number of anilines is 1. The van der Waals surface area contributed by atoms with Gasteiger partial charge in [-0.15, -0.1) is 11.3 Å². The van der Waals surface area contributed by atoms with Gasteiger partial charge in [-0.1, -0.05) is 41.9 Å². The van der Waals surface area contributed by atoms with Gasteiger partial charge < -0.3 is 15.6 Å². The zero-order valence-electron chi connectivity index (χ0n) is 12.9. The first-order chi connectivity index (χ1) is 11.4. The molecule has 0 saturated carbocycles. The van der Waals surface area contributed by atoms with E-state index in [4.69, 9.17) is 10.3 Å². The van der Waals surface area contributed by atoms with E-state index in [9.17, 15) is 0 Å². The monoisotopic (exact) mass is 328 g/mol. The first-order valence-electron chi connectivity index (χ1n) is 7.79. The molecule has 2 heterocycles. The molecule has 0 radical (unpaired) electrons. The molecule has 0 unspecified atom stereocenters. The second-order valence-electron chi connectivity index (χ2n) is 5.26. The summed E-state index contributed by atoms with van der Waals surface area (Å²) >= 11 is 1.58. The fraction of sp³-hybridized carbons (Fsp3) is 0.294. The Morgan fingerprint density at radius 3 is 2.78 bits per heavy atom. The van der Waals surface area contributed by atoms with Crippen LogP contribution in [0.25, 0.3) is 22.7 Å². The lowest BCUT2D eigenvalue weighted by Gasteiger charge is -2.01. The van der Waals surface area contributed by atoms with Crippen LogP contribution in [0.5, 0.6) is 0 Å². The summed E-state index contributed by atoms with van der Waals surface area (Å²) in [7, 11) is 0. The lowest BCUT2D eigenvalue weighted by Crippen LogP contribution is -2.03. The van der Waals surface area contributed by atoms with Crippen molar-refractivity contribution in [1.29, 1.82) is 0 Å². The number of rotatable bonds is 8. The molecule has 0 bridgehead atoms. The van der Waals surface area contributed by atoms with E-state index >= 15 is 0 Å². The summed E-state index contributed by atoms with van der Waals surface area (Å²) in [6.07, 6.45) is 3.33. The Bertz CT molecular complexity index is 723. The third-order valence-corrected chi connectivity index (χ3v) is 4.29. The summed E-state index contributed by atoms with van der Waals surface area (Å²) in [6, 6.07) is 11.9. The molecule has 0 atom stereocenters. The Morgan fingerprint density at radius 2 is 1.96 bits per heavy atom. The van der Waals surface area contributed by atoms with Gasteiger partial charge in [-0.2, -0.15) is 0 Å². The van der Waals surface area contributed by atoms with Crippen LogP contribution in [0.4, 0.5) is 5.13 Å². The smallest absolute Gasteiger partial charge is 0.183 e. The second-order valence-corrected chi connectivity index (χ2v) is 6.11. The van der Waals surface area contributed by atoms with E-state index in [2.05, 4.69) is 15.5 Å². The van der Waals surface area contributed by atoms with Gasteiger partial charge in [0.05, 0.1) is 0 Å². The van der Waals surface area contributed by atoms with Crippen molar-refractivity contribution in [1.82, 2.24) is 10.1 Å². The van der Waals surface area contributed by atoms with Gasteiger partial charge in [-0.25, -0.2) is 4.98 Å². The predicted octanol–water partition coefficient (Wildman–Crippen LogP) is 4.01. The molecule has 0 fully saturated rings. The highest BCUT2D eigenvalue weighted by atomic mass is 32.1. The molecule has 0 aliphatic heterocycles. The largest absolute Gasteiger partial charge is 0.362 e. The highest BCUT2D eigenvalue weighted by Gasteiger charge is 2.11. The van der Waals surface area contributed by atoms with Gasteiger partial charge in [-0.05, 0) is 19.4 Å². The van der Waals surface area contributed by atoms with Gasteiger partial charge in [-0.3, -0.25) is 0 Å². The molecule has 3 N–H and O–H groups in total. The number of aromatic nitrogens is 2. The Kier molecular flexibility index (Phi) is 5.39. The average Bonchev–Trinajstić information content (AvgIpc) is 3.25. The molecule has 0 spiro atoms. The Hall–Kier alpha value is -2.18. The third-order valence-electron chi connectivity index (χ3n) is 3.49. The van der Waals surface area contributed by atoms with Crippen molar-refractivity contribution >= 4 is 16.5 Å². The molecule has 0 aliphatic rings. The molecular formula is C17H20N4OS. The van der Waals surface area contributed by atoms with Gasteiger partial charge in [0.15, 0.2) is 10.9 Å². The van der Waals surface area contributed by atoms with Crippen LogP contribution in [-0.2, 0) is 0 Å². The molecule has 0 amide bonds. The van der Waals surface area contributed by atoms with Crippen molar-refractivity contribution in [2.24, 2.45) is 5.73 Å². The molecule has 0 aliphatic carbocycles. The van der Waals surface area contributed by atoms with Crippen LogP contribution < -0.4 is 11.1 Å². The molecule has 5 nitrogen and oxygen atoms in total. The van der Waals surface area contributed by atoms with Crippen molar-refractivity contribution in [3.8, 4) is 22.7 Å². The summed E-state index contributed by atoms with van der Waals surface area (Å²) < 4.78 is 5.42. The van der Waals surface area contributed by atoms with Crippen LogP contribution >= 0.6 is 11.3 Å². The summed E-state index contributed by atoms with van der Waals surface area (Å²) in [5, 5.41) is 10.4. The number of nitrogens with two attached hydrogens (primary N) is 1. The fourth-order valence-corrected chi connectivity index (χ4v) is 2.98. The Balaban J connectivity index is 1.61. The van der Waals surface area contributed by atoms with E-state index in [-0.39, 0.29) is 0 Å².